The first-order valence-electron chi connectivity index (χ1n) is 4.01. The van der Waals surface area contributed by atoms with Gasteiger partial charge < -0.3 is 5.32 Å². The molecule has 0 unspecified atom stereocenters. The lowest BCUT2D eigenvalue weighted by Gasteiger charge is -2.16. The molecule has 0 aromatic carbocycles. The van der Waals surface area contributed by atoms with E-state index in [1.807, 2.05) is 19.1 Å². The Hall–Kier alpha value is -1.31. The van der Waals surface area contributed by atoms with Crippen LogP contribution in [-0.2, 0) is 4.79 Å². The summed E-state index contributed by atoms with van der Waals surface area (Å²) in [5, 5.41) is 2.79. The van der Waals surface area contributed by atoms with Gasteiger partial charge in [-0.2, -0.15) is 0 Å². The van der Waals surface area contributed by atoms with Crippen LogP contribution in [0.25, 0.3) is 0 Å². The molecule has 0 bridgehead atoms. The van der Waals surface area contributed by atoms with Crippen molar-refractivity contribution in [3.05, 3.63) is 36.0 Å². The van der Waals surface area contributed by atoms with Gasteiger partial charge in [-0.15, -0.1) is 0 Å². The van der Waals surface area contributed by atoms with Crippen molar-refractivity contribution in [2.24, 2.45) is 0 Å². The van der Waals surface area contributed by atoms with Crippen molar-refractivity contribution in [2.45, 2.75) is 13.3 Å². The van der Waals surface area contributed by atoms with Crippen molar-refractivity contribution in [1.29, 1.82) is 0 Å². The number of amides is 1. The zero-order chi connectivity index (χ0) is 8.97. The fraction of sp³-hybridized carbons (Fsp3) is 0.300. The predicted octanol–water partition coefficient (Wildman–Crippen LogP) is 1.56. The van der Waals surface area contributed by atoms with E-state index in [0.29, 0.717) is 13.0 Å². The molecule has 0 radical (unpaired) electrons. The summed E-state index contributed by atoms with van der Waals surface area (Å²) in [6.45, 7) is 6.27. The summed E-state index contributed by atoms with van der Waals surface area (Å²) < 4.78 is 0. The molecule has 1 aliphatic rings. The smallest absolute Gasteiger partial charge is 0.224 e. The van der Waals surface area contributed by atoms with Crippen molar-refractivity contribution in [2.75, 3.05) is 6.54 Å². The highest BCUT2D eigenvalue weighted by molar-refractivity contribution is 5.81. The highest BCUT2D eigenvalue weighted by Crippen LogP contribution is 2.14. The molecule has 0 fully saturated rings. The van der Waals surface area contributed by atoms with Gasteiger partial charge in [-0.1, -0.05) is 24.8 Å². The second-order valence-electron chi connectivity index (χ2n) is 2.71. The quantitative estimate of drug-likeness (QED) is 0.657. The molecular formula is C10H13NO. The largest absolute Gasteiger partial charge is 0.352 e. The highest BCUT2D eigenvalue weighted by atomic mass is 16.1. The first kappa shape index (κ1) is 8.78. The lowest BCUT2D eigenvalue weighted by molar-refractivity contribution is -0.120. The molecule has 0 aromatic heterocycles. The highest BCUT2D eigenvalue weighted by Gasteiger charge is 2.12. The summed E-state index contributed by atoms with van der Waals surface area (Å²) in [4.78, 5) is 11.0. The summed E-state index contributed by atoms with van der Waals surface area (Å²) in [7, 11) is 0. The van der Waals surface area contributed by atoms with E-state index < -0.39 is 0 Å². The normalized spacial score (nSPS) is 18.2. The van der Waals surface area contributed by atoms with Gasteiger partial charge in [0.1, 0.15) is 0 Å². The molecular weight excluding hydrogens is 150 g/mol. The Morgan fingerprint density at radius 2 is 2.25 bits per heavy atom. The topological polar surface area (TPSA) is 29.1 Å². The van der Waals surface area contributed by atoms with Gasteiger partial charge in [0.2, 0.25) is 5.91 Å². The van der Waals surface area contributed by atoms with Crippen molar-refractivity contribution in [1.82, 2.24) is 5.32 Å². The van der Waals surface area contributed by atoms with Crippen molar-refractivity contribution in [3.63, 3.8) is 0 Å². The molecule has 0 spiro atoms. The molecule has 1 heterocycles. The second kappa shape index (κ2) is 3.90. The monoisotopic (exact) mass is 163 g/mol. The van der Waals surface area contributed by atoms with Crippen LogP contribution >= 0.6 is 0 Å². The summed E-state index contributed by atoms with van der Waals surface area (Å²) in [6, 6.07) is 0. The van der Waals surface area contributed by atoms with Gasteiger partial charge in [-0.3, -0.25) is 4.79 Å². The molecule has 0 aromatic rings. The first-order chi connectivity index (χ1) is 5.77. The molecule has 2 heteroatoms. The lowest BCUT2D eigenvalue weighted by atomic mass is 10.0. The zero-order valence-corrected chi connectivity index (χ0v) is 7.26. The van der Waals surface area contributed by atoms with Crippen LogP contribution in [0.2, 0.25) is 0 Å². The van der Waals surface area contributed by atoms with Gasteiger partial charge in [-0.25, -0.2) is 0 Å². The van der Waals surface area contributed by atoms with E-state index in [-0.39, 0.29) is 5.91 Å². The standard InChI is InChI=1S/C10H13NO/c1-3-5-9-7-11-10(12)6-8(9)4-2/h3-5H,2,6-7H2,1H3,(H,11,12)/b5-3-. The van der Waals surface area contributed by atoms with E-state index >= 15 is 0 Å². The minimum absolute atomic E-state index is 0.0816. The van der Waals surface area contributed by atoms with Gasteiger partial charge in [0.25, 0.3) is 0 Å². The average molecular weight is 163 g/mol. The SMILES string of the molecule is C=CC1=C(/C=C\C)CNC(=O)C1. The Morgan fingerprint density at radius 1 is 1.50 bits per heavy atom. The molecule has 1 aliphatic heterocycles. The minimum Gasteiger partial charge on any atom is -0.352 e. The Balaban J connectivity index is 2.90. The minimum atomic E-state index is 0.0816. The van der Waals surface area contributed by atoms with Gasteiger partial charge in [0, 0.05) is 6.54 Å². The molecule has 2 nitrogen and oxygen atoms in total. The number of carbonyl (C=O) groups excluding carboxylic acids is 1. The maximum Gasteiger partial charge on any atom is 0.224 e. The molecule has 64 valence electrons. The van der Waals surface area contributed by atoms with Crippen molar-refractivity contribution in [3.8, 4) is 0 Å². The maximum atomic E-state index is 11.0. The second-order valence-corrected chi connectivity index (χ2v) is 2.71. The molecule has 0 saturated carbocycles. The first-order valence-corrected chi connectivity index (χ1v) is 4.01. The molecule has 0 atom stereocenters. The number of rotatable bonds is 2. The van der Waals surface area contributed by atoms with E-state index in [1.54, 1.807) is 6.08 Å². The number of nitrogens with one attached hydrogen (secondary N) is 1. The van der Waals surface area contributed by atoms with Crippen LogP contribution in [0.5, 0.6) is 0 Å². The van der Waals surface area contributed by atoms with Gasteiger partial charge in [0.15, 0.2) is 0 Å². The summed E-state index contributed by atoms with van der Waals surface area (Å²) in [5.74, 6) is 0.0816. The summed E-state index contributed by atoms with van der Waals surface area (Å²) in [6.07, 6.45) is 6.20. The fourth-order valence-corrected chi connectivity index (χ4v) is 1.23. The van der Waals surface area contributed by atoms with Crippen LogP contribution in [0.3, 0.4) is 0 Å². The van der Waals surface area contributed by atoms with E-state index in [0.717, 1.165) is 11.1 Å². The van der Waals surface area contributed by atoms with Crippen LogP contribution in [0.4, 0.5) is 0 Å². The molecule has 12 heavy (non-hydrogen) atoms. The average Bonchev–Trinajstić information content (AvgIpc) is 2.08. The Bertz CT molecular complexity index is 261. The van der Waals surface area contributed by atoms with Gasteiger partial charge in [-0.05, 0) is 18.1 Å². The van der Waals surface area contributed by atoms with Crippen LogP contribution in [0.1, 0.15) is 13.3 Å². The predicted molar refractivity (Wildman–Crippen MR) is 49.7 cm³/mol. The Labute approximate surface area is 72.7 Å². The molecule has 0 aliphatic carbocycles. The fourth-order valence-electron chi connectivity index (χ4n) is 1.23. The van der Waals surface area contributed by atoms with E-state index in [4.69, 9.17) is 0 Å². The van der Waals surface area contributed by atoms with Crippen molar-refractivity contribution >= 4 is 5.91 Å². The third kappa shape index (κ3) is 1.84. The molecule has 1 amide bonds. The Morgan fingerprint density at radius 3 is 2.83 bits per heavy atom. The number of hydrogen-bond donors (Lipinski definition) is 1. The molecule has 0 saturated heterocycles. The van der Waals surface area contributed by atoms with Gasteiger partial charge >= 0.3 is 0 Å². The van der Waals surface area contributed by atoms with Crippen LogP contribution < -0.4 is 5.32 Å². The number of hydrogen-bond acceptors (Lipinski definition) is 1. The summed E-state index contributed by atoms with van der Waals surface area (Å²) >= 11 is 0. The lowest BCUT2D eigenvalue weighted by Crippen LogP contribution is -2.30. The van der Waals surface area contributed by atoms with Crippen LogP contribution in [-0.4, -0.2) is 12.5 Å². The molecule has 1 N–H and O–H groups in total. The van der Waals surface area contributed by atoms with E-state index in [1.165, 1.54) is 0 Å². The van der Waals surface area contributed by atoms with E-state index in [9.17, 15) is 4.79 Å². The maximum absolute atomic E-state index is 11.0. The Kier molecular flexibility index (Phi) is 2.86. The van der Waals surface area contributed by atoms with Crippen LogP contribution in [0, 0.1) is 0 Å². The number of carbonyl (C=O) groups is 1. The summed E-state index contributed by atoms with van der Waals surface area (Å²) in [5.41, 5.74) is 2.20. The zero-order valence-electron chi connectivity index (χ0n) is 7.26. The van der Waals surface area contributed by atoms with E-state index in [2.05, 4.69) is 11.9 Å². The molecule has 1 rings (SSSR count). The third-order valence-corrected chi connectivity index (χ3v) is 1.85. The number of allylic oxidation sites excluding steroid dienone is 2. The van der Waals surface area contributed by atoms with Gasteiger partial charge in [0.05, 0.1) is 6.42 Å². The van der Waals surface area contributed by atoms with Crippen molar-refractivity contribution < 1.29 is 4.79 Å². The third-order valence-electron chi connectivity index (χ3n) is 1.85. The van der Waals surface area contributed by atoms with Crippen LogP contribution in [0.15, 0.2) is 36.0 Å².